The summed E-state index contributed by atoms with van der Waals surface area (Å²) in [5, 5.41) is 9.20. The largest absolute Gasteiger partial charge is 0.480 e. The van der Waals surface area contributed by atoms with Gasteiger partial charge in [-0.05, 0) is 43.9 Å². The number of hydrogen-bond donors (Lipinski definition) is 1. The van der Waals surface area contributed by atoms with Crippen LogP contribution >= 0.6 is 15.9 Å². The van der Waals surface area contributed by atoms with Crippen LogP contribution in [-0.4, -0.2) is 34.5 Å². The molecule has 2 rings (SSSR count). The quantitative estimate of drug-likeness (QED) is 0.909. The van der Waals surface area contributed by atoms with Crippen LogP contribution in [0.3, 0.4) is 0 Å². The molecule has 1 aromatic rings. The second-order valence-corrected chi connectivity index (χ2v) is 5.67. The van der Waals surface area contributed by atoms with Gasteiger partial charge in [0.25, 0.3) is 5.91 Å². The summed E-state index contributed by atoms with van der Waals surface area (Å²) in [5.41, 5.74) is 1.58. The lowest BCUT2D eigenvalue weighted by molar-refractivity contribution is -0.143. The summed E-state index contributed by atoms with van der Waals surface area (Å²) >= 11 is 3.40. The number of benzene rings is 1. The molecule has 1 N–H and O–H groups in total. The van der Waals surface area contributed by atoms with Gasteiger partial charge in [0.2, 0.25) is 0 Å². The van der Waals surface area contributed by atoms with E-state index in [2.05, 4.69) is 15.9 Å². The fourth-order valence-electron chi connectivity index (χ4n) is 2.32. The first-order valence-electron chi connectivity index (χ1n) is 6.30. The summed E-state index contributed by atoms with van der Waals surface area (Å²) in [5.74, 6) is -1.12. The van der Waals surface area contributed by atoms with Crippen LogP contribution in [0.5, 0.6) is 0 Å². The highest BCUT2D eigenvalue weighted by Crippen LogP contribution is 2.23. The van der Waals surface area contributed by atoms with E-state index in [1.165, 1.54) is 4.90 Å². The molecule has 102 valence electrons. The SMILES string of the molecule is Cc1ccc(C(=O)N2CCCC[C@H]2C(=O)O)cc1Br. The van der Waals surface area contributed by atoms with Crippen LogP contribution in [0.2, 0.25) is 0 Å². The number of carboxylic acids is 1. The molecule has 1 aliphatic rings. The fraction of sp³-hybridized carbons (Fsp3) is 0.429. The number of nitrogens with zero attached hydrogens (tertiary/aromatic N) is 1. The van der Waals surface area contributed by atoms with Gasteiger partial charge in [-0.25, -0.2) is 4.79 Å². The Balaban J connectivity index is 2.26. The van der Waals surface area contributed by atoms with Gasteiger partial charge in [0.1, 0.15) is 6.04 Å². The summed E-state index contributed by atoms with van der Waals surface area (Å²) < 4.78 is 0.863. The first kappa shape index (κ1) is 14.1. The van der Waals surface area contributed by atoms with Crippen LogP contribution < -0.4 is 0 Å². The van der Waals surface area contributed by atoms with E-state index in [0.29, 0.717) is 18.5 Å². The molecule has 0 aromatic heterocycles. The topological polar surface area (TPSA) is 57.6 Å². The number of carboxylic acid groups (broad SMARTS) is 1. The minimum absolute atomic E-state index is 0.201. The molecule has 19 heavy (non-hydrogen) atoms. The summed E-state index contributed by atoms with van der Waals surface area (Å²) in [4.78, 5) is 25.1. The van der Waals surface area contributed by atoms with E-state index in [9.17, 15) is 14.7 Å². The van der Waals surface area contributed by atoms with Gasteiger partial charge in [-0.1, -0.05) is 22.0 Å². The minimum Gasteiger partial charge on any atom is -0.480 e. The van der Waals surface area contributed by atoms with Gasteiger partial charge in [0.15, 0.2) is 0 Å². The lowest BCUT2D eigenvalue weighted by Crippen LogP contribution is -2.47. The third-order valence-electron chi connectivity index (χ3n) is 3.47. The van der Waals surface area contributed by atoms with Crippen LogP contribution in [0.25, 0.3) is 0 Å². The number of aryl methyl sites for hydroxylation is 1. The molecule has 1 saturated heterocycles. The molecule has 1 fully saturated rings. The molecule has 0 saturated carbocycles. The maximum atomic E-state index is 12.4. The number of carbonyl (C=O) groups is 2. The average Bonchev–Trinajstić information content (AvgIpc) is 2.41. The van der Waals surface area contributed by atoms with Gasteiger partial charge in [0, 0.05) is 16.6 Å². The number of aliphatic carboxylic acids is 1. The lowest BCUT2D eigenvalue weighted by atomic mass is 10.0. The van der Waals surface area contributed by atoms with E-state index >= 15 is 0 Å². The molecule has 1 heterocycles. The fourth-order valence-corrected chi connectivity index (χ4v) is 2.70. The van der Waals surface area contributed by atoms with Gasteiger partial charge >= 0.3 is 5.97 Å². The molecule has 0 aliphatic carbocycles. The number of rotatable bonds is 2. The van der Waals surface area contributed by atoms with E-state index in [4.69, 9.17) is 0 Å². The third kappa shape index (κ3) is 2.97. The summed E-state index contributed by atoms with van der Waals surface area (Å²) in [6, 6.07) is 4.67. The predicted molar refractivity (Wildman–Crippen MR) is 75.2 cm³/mol. The second-order valence-electron chi connectivity index (χ2n) is 4.81. The number of likely N-dealkylation sites (tertiary alicyclic amines) is 1. The Labute approximate surface area is 120 Å². The first-order chi connectivity index (χ1) is 9.00. The van der Waals surface area contributed by atoms with E-state index in [-0.39, 0.29) is 5.91 Å². The summed E-state index contributed by atoms with van der Waals surface area (Å²) in [6.45, 7) is 2.46. The van der Waals surface area contributed by atoms with Crippen molar-refractivity contribution in [3.05, 3.63) is 33.8 Å². The van der Waals surface area contributed by atoms with Crippen molar-refractivity contribution in [3.8, 4) is 0 Å². The highest BCUT2D eigenvalue weighted by molar-refractivity contribution is 9.10. The maximum absolute atomic E-state index is 12.4. The standard InChI is InChI=1S/C14H16BrNO3/c1-9-5-6-10(8-11(9)15)13(17)16-7-3-2-4-12(16)14(18)19/h5-6,8,12H,2-4,7H2,1H3,(H,18,19)/t12-/m0/s1. The third-order valence-corrected chi connectivity index (χ3v) is 4.32. The molecule has 0 bridgehead atoms. The highest BCUT2D eigenvalue weighted by Gasteiger charge is 2.32. The Kier molecular flexibility index (Phi) is 4.24. The molecule has 0 spiro atoms. The van der Waals surface area contributed by atoms with Crippen molar-refractivity contribution in [1.82, 2.24) is 4.90 Å². The Morgan fingerprint density at radius 1 is 1.37 bits per heavy atom. The van der Waals surface area contributed by atoms with E-state index in [1.54, 1.807) is 12.1 Å². The number of piperidine rings is 1. The molecular weight excluding hydrogens is 310 g/mol. The number of halogens is 1. The second kappa shape index (κ2) is 5.74. The van der Waals surface area contributed by atoms with Crippen LogP contribution in [-0.2, 0) is 4.79 Å². The molecule has 1 amide bonds. The van der Waals surface area contributed by atoms with Gasteiger partial charge < -0.3 is 10.0 Å². The predicted octanol–water partition coefficient (Wildman–Crippen LogP) is 2.84. The van der Waals surface area contributed by atoms with Crippen molar-refractivity contribution in [2.75, 3.05) is 6.54 Å². The normalized spacial score (nSPS) is 19.3. The van der Waals surface area contributed by atoms with Gasteiger partial charge in [-0.2, -0.15) is 0 Å². The molecular formula is C14H16BrNO3. The zero-order valence-corrected chi connectivity index (χ0v) is 12.3. The zero-order chi connectivity index (χ0) is 14.0. The number of carbonyl (C=O) groups excluding carboxylic acids is 1. The van der Waals surface area contributed by atoms with E-state index in [0.717, 1.165) is 22.9 Å². The van der Waals surface area contributed by atoms with Gasteiger partial charge in [0.05, 0.1) is 0 Å². The lowest BCUT2D eigenvalue weighted by Gasteiger charge is -2.33. The highest BCUT2D eigenvalue weighted by atomic mass is 79.9. The Hall–Kier alpha value is -1.36. The summed E-state index contributed by atoms with van der Waals surface area (Å²) in [7, 11) is 0. The Morgan fingerprint density at radius 3 is 2.74 bits per heavy atom. The number of hydrogen-bond acceptors (Lipinski definition) is 2. The van der Waals surface area contributed by atoms with Crippen LogP contribution in [0.1, 0.15) is 35.2 Å². The minimum atomic E-state index is -0.917. The van der Waals surface area contributed by atoms with E-state index in [1.807, 2.05) is 13.0 Å². The monoisotopic (exact) mass is 325 g/mol. The van der Waals surface area contributed by atoms with Gasteiger partial charge in [-0.3, -0.25) is 4.79 Å². The van der Waals surface area contributed by atoms with Crippen molar-refractivity contribution < 1.29 is 14.7 Å². The van der Waals surface area contributed by atoms with Crippen molar-refractivity contribution in [2.45, 2.75) is 32.2 Å². The summed E-state index contributed by atoms with van der Waals surface area (Å²) in [6.07, 6.45) is 2.26. The van der Waals surface area contributed by atoms with Crippen LogP contribution in [0.4, 0.5) is 0 Å². The van der Waals surface area contributed by atoms with Crippen molar-refractivity contribution in [2.24, 2.45) is 0 Å². The molecule has 1 aliphatic heterocycles. The molecule has 1 atom stereocenters. The molecule has 4 nitrogen and oxygen atoms in total. The van der Waals surface area contributed by atoms with Crippen LogP contribution in [0.15, 0.2) is 22.7 Å². The molecule has 0 radical (unpaired) electrons. The zero-order valence-electron chi connectivity index (χ0n) is 10.7. The Bertz CT molecular complexity index is 515. The van der Waals surface area contributed by atoms with Crippen LogP contribution in [0, 0.1) is 6.92 Å². The van der Waals surface area contributed by atoms with Crippen molar-refractivity contribution in [1.29, 1.82) is 0 Å². The maximum Gasteiger partial charge on any atom is 0.326 e. The average molecular weight is 326 g/mol. The molecule has 5 heteroatoms. The molecule has 0 unspecified atom stereocenters. The van der Waals surface area contributed by atoms with Gasteiger partial charge in [-0.15, -0.1) is 0 Å². The van der Waals surface area contributed by atoms with Crippen molar-refractivity contribution >= 4 is 27.8 Å². The smallest absolute Gasteiger partial charge is 0.326 e. The first-order valence-corrected chi connectivity index (χ1v) is 7.10. The van der Waals surface area contributed by atoms with E-state index < -0.39 is 12.0 Å². The number of amides is 1. The molecule has 1 aromatic carbocycles. The Morgan fingerprint density at radius 2 is 2.11 bits per heavy atom. The van der Waals surface area contributed by atoms with Crippen molar-refractivity contribution in [3.63, 3.8) is 0 Å².